The van der Waals surface area contributed by atoms with Crippen molar-refractivity contribution in [2.75, 3.05) is 26.7 Å². The van der Waals surface area contributed by atoms with Gasteiger partial charge in [0.15, 0.2) is 6.61 Å². The number of hydrogen-bond acceptors (Lipinski definition) is 5. The Morgan fingerprint density at radius 1 is 1.19 bits per heavy atom. The van der Waals surface area contributed by atoms with E-state index in [0.29, 0.717) is 0 Å². The molecular formula is C18H18N2O5S. The van der Waals surface area contributed by atoms with Crippen LogP contribution in [-0.2, 0) is 24.3 Å². The second-order valence-corrected chi connectivity index (χ2v) is 7.46. The normalized spacial score (nSPS) is 11.1. The van der Waals surface area contributed by atoms with Gasteiger partial charge in [-0.05, 0) is 22.9 Å². The topological polar surface area (TPSA) is 92.8 Å². The summed E-state index contributed by atoms with van der Waals surface area (Å²) in [5, 5.41) is 4.01. The van der Waals surface area contributed by atoms with Gasteiger partial charge in [0.25, 0.3) is 5.91 Å². The first-order valence-electron chi connectivity index (χ1n) is 7.65. The SMILES string of the molecule is C#CCNC(=O)COC(=O)CN(C)S(=O)(=O)c1ccc2ccccc2c1. The van der Waals surface area contributed by atoms with Gasteiger partial charge in [-0.1, -0.05) is 36.3 Å². The van der Waals surface area contributed by atoms with E-state index >= 15 is 0 Å². The van der Waals surface area contributed by atoms with Crippen molar-refractivity contribution >= 4 is 32.7 Å². The molecule has 8 heteroatoms. The molecule has 1 amide bonds. The number of carbonyl (C=O) groups excluding carboxylic acids is 2. The highest BCUT2D eigenvalue weighted by Crippen LogP contribution is 2.21. The predicted octanol–water partition coefficient (Wildman–Crippen LogP) is 0.753. The fourth-order valence-corrected chi connectivity index (χ4v) is 3.32. The van der Waals surface area contributed by atoms with E-state index in [1.807, 2.05) is 18.2 Å². The fourth-order valence-electron chi connectivity index (χ4n) is 2.17. The van der Waals surface area contributed by atoms with Gasteiger partial charge in [-0.3, -0.25) is 9.59 Å². The quantitative estimate of drug-likeness (QED) is 0.570. The second-order valence-electron chi connectivity index (χ2n) is 5.41. The Morgan fingerprint density at radius 3 is 2.58 bits per heavy atom. The molecule has 0 unspecified atom stereocenters. The standard InChI is InChI=1S/C18H18N2O5S/c1-3-10-19-17(21)13-25-18(22)12-20(2)26(23,24)16-9-8-14-6-4-5-7-15(14)11-16/h1,4-9,11H,10,12-13H2,2H3,(H,19,21). The lowest BCUT2D eigenvalue weighted by atomic mass is 10.1. The van der Waals surface area contributed by atoms with Gasteiger partial charge >= 0.3 is 5.97 Å². The maximum atomic E-state index is 12.6. The van der Waals surface area contributed by atoms with Crippen LogP contribution in [0, 0.1) is 12.3 Å². The number of likely N-dealkylation sites (N-methyl/N-ethyl adjacent to an activating group) is 1. The zero-order chi connectivity index (χ0) is 19.2. The summed E-state index contributed by atoms with van der Waals surface area (Å²) in [6, 6.07) is 12.1. The van der Waals surface area contributed by atoms with E-state index in [4.69, 9.17) is 11.2 Å². The molecular weight excluding hydrogens is 356 g/mol. The summed E-state index contributed by atoms with van der Waals surface area (Å²) in [6.07, 6.45) is 4.99. The van der Waals surface area contributed by atoms with Gasteiger partial charge in [-0.2, -0.15) is 4.31 Å². The van der Waals surface area contributed by atoms with Gasteiger partial charge in [-0.25, -0.2) is 8.42 Å². The molecule has 0 aliphatic rings. The van der Waals surface area contributed by atoms with Crippen molar-refractivity contribution < 1.29 is 22.7 Å². The minimum Gasteiger partial charge on any atom is -0.455 e. The number of rotatable bonds is 7. The van der Waals surface area contributed by atoms with Gasteiger partial charge in [0, 0.05) is 7.05 Å². The summed E-state index contributed by atoms with van der Waals surface area (Å²) in [5.74, 6) is 0.810. The summed E-state index contributed by atoms with van der Waals surface area (Å²) in [6.45, 7) is -1.02. The van der Waals surface area contributed by atoms with Crippen molar-refractivity contribution in [1.82, 2.24) is 9.62 Å². The first kappa shape index (κ1) is 19.4. The molecule has 0 spiro atoms. The van der Waals surface area contributed by atoms with Crippen LogP contribution in [0.5, 0.6) is 0 Å². The molecule has 0 saturated heterocycles. The van der Waals surface area contributed by atoms with Crippen molar-refractivity contribution in [3.05, 3.63) is 42.5 Å². The zero-order valence-corrected chi connectivity index (χ0v) is 15.0. The molecule has 0 heterocycles. The summed E-state index contributed by atoms with van der Waals surface area (Å²) < 4.78 is 30.8. The Balaban J connectivity index is 2.02. The zero-order valence-electron chi connectivity index (χ0n) is 14.1. The van der Waals surface area contributed by atoms with Crippen molar-refractivity contribution in [3.63, 3.8) is 0 Å². The molecule has 1 N–H and O–H groups in total. The number of terminal acetylenes is 1. The highest BCUT2D eigenvalue weighted by atomic mass is 32.2. The van der Waals surface area contributed by atoms with Gasteiger partial charge in [-0.15, -0.1) is 6.42 Å². The van der Waals surface area contributed by atoms with Crippen molar-refractivity contribution in [1.29, 1.82) is 0 Å². The molecule has 0 radical (unpaired) electrons. The lowest BCUT2D eigenvalue weighted by Crippen LogP contribution is -2.35. The number of fused-ring (bicyclic) bond motifs is 1. The van der Waals surface area contributed by atoms with E-state index in [2.05, 4.69) is 11.2 Å². The number of carbonyl (C=O) groups is 2. The molecule has 136 valence electrons. The van der Waals surface area contributed by atoms with Crippen molar-refractivity contribution in [3.8, 4) is 12.3 Å². The van der Waals surface area contributed by atoms with Crippen LogP contribution in [-0.4, -0.2) is 51.3 Å². The summed E-state index contributed by atoms with van der Waals surface area (Å²) in [5.41, 5.74) is 0. The molecule has 0 saturated carbocycles. The third kappa shape index (κ3) is 4.81. The molecule has 26 heavy (non-hydrogen) atoms. The van der Waals surface area contributed by atoms with Gasteiger partial charge < -0.3 is 10.1 Å². The number of benzene rings is 2. The van der Waals surface area contributed by atoms with E-state index in [9.17, 15) is 18.0 Å². The lowest BCUT2D eigenvalue weighted by molar-refractivity contribution is -0.148. The number of hydrogen-bond donors (Lipinski definition) is 1. The number of ether oxygens (including phenoxy) is 1. The van der Waals surface area contributed by atoms with E-state index in [1.54, 1.807) is 18.2 Å². The van der Waals surface area contributed by atoms with Crippen LogP contribution in [0.2, 0.25) is 0 Å². The maximum Gasteiger partial charge on any atom is 0.321 e. The van der Waals surface area contributed by atoms with E-state index in [-0.39, 0.29) is 11.4 Å². The summed E-state index contributed by atoms with van der Waals surface area (Å²) in [7, 11) is -2.60. The van der Waals surface area contributed by atoms with Crippen LogP contribution >= 0.6 is 0 Å². The summed E-state index contributed by atoms with van der Waals surface area (Å²) in [4.78, 5) is 23.2. The van der Waals surface area contributed by atoms with Gasteiger partial charge in [0.05, 0.1) is 11.4 Å². The van der Waals surface area contributed by atoms with E-state index in [1.165, 1.54) is 13.1 Å². The monoisotopic (exact) mass is 374 g/mol. The second kappa shape index (κ2) is 8.47. The molecule has 0 aliphatic carbocycles. The minimum atomic E-state index is -3.87. The highest BCUT2D eigenvalue weighted by Gasteiger charge is 2.24. The number of esters is 1. The molecule has 7 nitrogen and oxygen atoms in total. The van der Waals surface area contributed by atoms with Gasteiger partial charge in [0.2, 0.25) is 10.0 Å². The number of amides is 1. The van der Waals surface area contributed by atoms with Crippen molar-refractivity contribution in [2.24, 2.45) is 0 Å². The first-order chi connectivity index (χ1) is 12.3. The van der Waals surface area contributed by atoms with Crippen LogP contribution in [0.15, 0.2) is 47.4 Å². The van der Waals surface area contributed by atoms with E-state index < -0.39 is 35.1 Å². The predicted molar refractivity (Wildman–Crippen MR) is 96.6 cm³/mol. The maximum absolute atomic E-state index is 12.6. The third-order valence-corrected chi connectivity index (χ3v) is 5.33. The average molecular weight is 374 g/mol. The van der Waals surface area contributed by atoms with E-state index in [0.717, 1.165) is 15.1 Å². The number of sulfonamides is 1. The molecule has 0 aliphatic heterocycles. The lowest BCUT2D eigenvalue weighted by Gasteiger charge is -2.16. The molecule has 0 fully saturated rings. The number of nitrogens with one attached hydrogen (secondary N) is 1. The molecule has 2 aromatic rings. The smallest absolute Gasteiger partial charge is 0.321 e. The molecule has 2 rings (SSSR count). The Hall–Kier alpha value is -2.89. The van der Waals surface area contributed by atoms with Crippen LogP contribution in [0.3, 0.4) is 0 Å². The fraction of sp³-hybridized carbons (Fsp3) is 0.222. The minimum absolute atomic E-state index is 0.0205. The molecule has 0 atom stereocenters. The molecule has 0 aromatic heterocycles. The average Bonchev–Trinajstić information content (AvgIpc) is 2.64. The Kier molecular flexibility index (Phi) is 6.33. The number of nitrogens with zero attached hydrogens (tertiary/aromatic N) is 1. The molecule has 2 aromatic carbocycles. The van der Waals surface area contributed by atoms with Gasteiger partial charge in [0.1, 0.15) is 6.54 Å². The Morgan fingerprint density at radius 2 is 1.88 bits per heavy atom. The summed E-state index contributed by atoms with van der Waals surface area (Å²) >= 11 is 0. The third-order valence-electron chi connectivity index (χ3n) is 3.53. The largest absolute Gasteiger partial charge is 0.455 e. The highest BCUT2D eigenvalue weighted by molar-refractivity contribution is 7.89. The van der Waals surface area contributed by atoms with Crippen molar-refractivity contribution in [2.45, 2.75) is 4.90 Å². The van der Waals surface area contributed by atoms with Crippen LogP contribution in [0.4, 0.5) is 0 Å². The Bertz CT molecular complexity index is 963. The molecule has 0 bridgehead atoms. The Labute approximate surface area is 152 Å². The van der Waals surface area contributed by atoms with Crippen LogP contribution in [0.25, 0.3) is 10.8 Å². The van der Waals surface area contributed by atoms with Crippen LogP contribution < -0.4 is 5.32 Å². The van der Waals surface area contributed by atoms with Crippen LogP contribution in [0.1, 0.15) is 0 Å². The first-order valence-corrected chi connectivity index (χ1v) is 9.09.